The van der Waals surface area contributed by atoms with Gasteiger partial charge in [0.15, 0.2) is 5.75 Å². The topological polar surface area (TPSA) is 70.4 Å². The molecular formula is C12H14BrClN2O3S. The molecule has 8 heteroatoms. The number of ether oxygens (including phenoxy) is 1. The number of sulfonamides is 1. The van der Waals surface area contributed by atoms with Gasteiger partial charge in [-0.1, -0.05) is 18.5 Å². The Kier molecular flexibility index (Phi) is 6.27. The molecule has 0 heterocycles. The molecule has 0 saturated heterocycles. The van der Waals surface area contributed by atoms with Crippen molar-refractivity contribution < 1.29 is 13.2 Å². The Bertz CT molecular complexity index is 628. The lowest BCUT2D eigenvalue weighted by molar-refractivity contribution is 0.391. The predicted octanol–water partition coefficient (Wildman–Crippen LogP) is 3.04. The Hall–Kier alpha value is -0.810. The van der Waals surface area contributed by atoms with Crippen LogP contribution >= 0.6 is 27.5 Å². The lowest BCUT2D eigenvalue weighted by Gasteiger charge is -2.21. The van der Waals surface area contributed by atoms with Crippen LogP contribution in [-0.4, -0.2) is 32.9 Å². The van der Waals surface area contributed by atoms with Crippen LogP contribution < -0.4 is 4.74 Å². The normalized spacial score (nSPS) is 11.4. The minimum atomic E-state index is -3.77. The molecule has 0 N–H and O–H groups in total. The van der Waals surface area contributed by atoms with E-state index in [1.165, 1.54) is 17.5 Å². The molecule has 1 rings (SSSR count). The maximum absolute atomic E-state index is 12.6. The highest BCUT2D eigenvalue weighted by Crippen LogP contribution is 2.36. The van der Waals surface area contributed by atoms with E-state index in [9.17, 15) is 8.42 Å². The molecule has 0 aromatic heterocycles. The number of nitriles is 1. The Morgan fingerprint density at radius 3 is 2.65 bits per heavy atom. The van der Waals surface area contributed by atoms with Gasteiger partial charge in [-0.25, -0.2) is 8.42 Å². The van der Waals surface area contributed by atoms with Gasteiger partial charge in [-0.2, -0.15) is 9.57 Å². The summed E-state index contributed by atoms with van der Waals surface area (Å²) in [5.41, 5.74) is 0. The first-order valence-electron chi connectivity index (χ1n) is 5.78. The first-order chi connectivity index (χ1) is 9.38. The molecule has 0 aliphatic carbocycles. The minimum Gasteiger partial charge on any atom is -0.494 e. The van der Waals surface area contributed by atoms with E-state index in [0.29, 0.717) is 4.47 Å². The summed E-state index contributed by atoms with van der Waals surface area (Å²) >= 11 is 9.15. The van der Waals surface area contributed by atoms with Crippen molar-refractivity contribution in [2.24, 2.45) is 0 Å². The molecule has 0 spiro atoms. The average molecular weight is 382 g/mol. The third-order valence-corrected chi connectivity index (χ3v) is 5.41. The standard InChI is InChI=1S/C12H14BrClN2O3S/c1-3-16(6-4-5-15)20(17,18)11-8-9(14)7-10(13)12(11)19-2/h7-8H,3-4,6H2,1-2H3. The largest absolute Gasteiger partial charge is 0.494 e. The number of halogens is 2. The van der Waals surface area contributed by atoms with Crippen LogP contribution in [0.4, 0.5) is 0 Å². The molecule has 1 aromatic carbocycles. The van der Waals surface area contributed by atoms with E-state index < -0.39 is 10.0 Å². The first-order valence-corrected chi connectivity index (χ1v) is 8.39. The van der Waals surface area contributed by atoms with E-state index in [2.05, 4.69) is 15.9 Å². The van der Waals surface area contributed by atoms with Crippen LogP contribution in [0.25, 0.3) is 0 Å². The van der Waals surface area contributed by atoms with Crippen LogP contribution in [-0.2, 0) is 10.0 Å². The Balaban J connectivity index is 3.37. The number of hydrogen-bond acceptors (Lipinski definition) is 4. The van der Waals surface area contributed by atoms with Crippen LogP contribution in [0.1, 0.15) is 13.3 Å². The summed E-state index contributed by atoms with van der Waals surface area (Å²) in [6.07, 6.45) is 0.122. The van der Waals surface area contributed by atoms with Crippen molar-refractivity contribution in [2.75, 3.05) is 20.2 Å². The number of methoxy groups -OCH3 is 1. The average Bonchev–Trinajstić information content (AvgIpc) is 2.38. The predicted molar refractivity (Wildman–Crippen MR) is 80.4 cm³/mol. The first kappa shape index (κ1) is 17.2. The smallest absolute Gasteiger partial charge is 0.246 e. The SMILES string of the molecule is CCN(CCC#N)S(=O)(=O)c1cc(Cl)cc(Br)c1OC. The summed E-state index contributed by atoms with van der Waals surface area (Å²) in [7, 11) is -2.38. The summed E-state index contributed by atoms with van der Waals surface area (Å²) in [5, 5.41) is 8.90. The molecule has 20 heavy (non-hydrogen) atoms. The van der Waals surface area contributed by atoms with Gasteiger partial charge in [-0.05, 0) is 28.1 Å². The molecule has 0 bridgehead atoms. The van der Waals surface area contributed by atoms with Gasteiger partial charge in [0.2, 0.25) is 10.0 Å². The third-order valence-electron chi connectivity index (χ3n) is 2.62. The van der Waals surface area contributed by atoms with Crippen LogP contribution in [0, 0.1) is 11.3 Å². The highest BCUT2D eigenvalue weighted by molar-refractivity contribution is 9.10. The molecule has 5 nitrogen and oxygen atoms in total. The molecule has 1 aromatic rings. The van der Waals surface area contributed by atoms with E-state index in [4.69, 9.17) is 21.6 Å². The fraction of sp³-hybridized carbons (Fsp3) is 0.417. The molecule has 0 aliphatic heterocycles. The second-order valence-corrected chi connectivity index (χ2v) is 7.02. The zero-order valence-electron chi connectivity index (χ0n) is 11.1. The highest BCUT2D eigenvalue weighted by Gasteiger charge is 2.28. The van der Waals surface area contributed by atoms with Gasteiger partial charge in [0, 0.05) is 24.5 Å². The highest BCUT2D eigenvalue weighted by atomic mass is 79.9. The summed E-state index contributed by atoms with van der Waals surface area (Å²) in [6, 6.07) is 4.84. The van der Waals surface area contributed by atoms with E-state index in [0.717, 1.165) is 0 Å². The van der Waals surface area contributed by atoms with Crippen LogP contribution in [0.15, 0.2) is 21.5 Å². The number of rotatable bonds is 6. The van der Waals surface area contributed by atoms with Gasteiger partial charge in [-0.3, -0.25) is 0 Å². The summed E-state index contributed by atoms with van der Waals surface area (Å²) in [5.74, 6) is 0.199. The third kappa shape index (κ3) is 3.64. The molecule has 0 saturated carbocycles. The van der Waals surface area contributed by atoms with Crippen molar-refractivity contribution >= 4 is 37.6 Å². The second-order valence-electron chi connectivity index (χ2n) is 3.82. The molecule has 0 aliphatic rings. The lowest BCUT2D eigenvalue weighted by atomic mass is 10.3. The van der Waals surface area contributed by atoms with Crippen molar-refractivity contribution in [3.63, 3.8) is 0 Å². The maximum atomic E-state index is 12.6. The maximum Gasteiger partial charge on any atom is 0.246 e. The fourth-order valence-corrected chi connectivity index (χ4v) is 4.51. The zero-order chi connectivity index (χ0) is 15.3. The van der Waals surface area contributed by atoms with E-state index in [1.54, 1.807) is 13.0 Å². The van der Waals surface area contributed by atoms with Crippen molar-refractivity contribution in [1.82, 2.24) is 4.31 Å². The van der Waals surface area contributed by atoms with Gasteiger partial charge >= 0.3 is 0 Å². The van der Waals surface area contributed by atoms with Crippen molar-refractivity contribution in [3.8, 4) is 11.8 Å². The van der Waals surface area contributed by atoms with Crippen molar-refractivity contribution in [2.45, 2.75) is 18.2 Å². The molecule has 0 atom stereocenters. The van der Waals surface area contributed by atoms with Gasteiger partial charge in [0.05, 0.1) is 17.7 Å². The van der Waals surface area contributed by atoms with E-state index in [-0.39, 0.29) is 35.2 Å². The van der Waals surface area contributed by atoms with Crippen LogP contribution in [0.3, 0.4) is 0 Å². The molecule has 0 fully saturated rings. The Morgan fingerprint density at radius 2 is 2.15 bits per heavy atom. The fourth-order valence-electron chi connectivity index (χ4n) is 1.69. The van der Waals surface area contributed by atoms with Crippen molar-refractivity contribution in [1.29, 1.82) is 5.26 Å². The lowest BCUT2D eigenvalue weighted by Crippen LogP contribution is -2.32. The Morgan fingerprint density at radius 1 is 1.50 bits per heavy atom. The molecule has 0 radical (unpaired) electrons. The van der Waals surface area contributed by atoms with E-state index >= 15 is 0 Å². The van der Waals surface area contributed by atoms with Crippen LogP contribution in [0.5, 0.6) is 5.75 Å². The van der Waals surface area contributed by atoms with Crippen LogP contribution in [0.2, 0.25) is 5.02 Å². The summed E-state index contributed by atoms with van der Waals surface area (Å²) in [4.78, 5) is -0.0147. The zero-order valence-corrected chi connectivity index (χ0v) is 14.2. The molecule has 0 unspecified atom stereocenters. The summed E-state index contributed by atoms with van der Waals surface area (Å²) < 4.78 is 32.0. The second kappa shape index (κ2) is 7.27. The molecule has 0 amide bonds. The van der Waals surface area contributed by atoms with Gasteiger partial charge in [0.25, 0.3) is 0 Å². The van der Waals surface area contributed by atoms with E-state index in [1.807, 2.05) is 6.07 Å². The van der Waals surface area contributed by atoms with Crippen molar-refractivity contribution in [3.05, 3.63) is 21.6 Å². The number of hydrogen-bond donors (Lipinski definition) is 0. The number of nitrogens with zero attached hydrogens (tertiary/aromatic N) is 2. The monoisotopic (exact) mass is 380 g/mol. The quantitative estimate of drug-likeness (QED) is 0.759. The molecular weight excluding hydrogens is 368 g/mol. The molecule has 110 valence electrons. The Labute approximate surface area is 132 Å². The van der Waals surface area contributed by atoms with Gasteiger partial charge in [0.1, 0.15) is 4.90 Å². The summed E-state index contributed by atoms with van der Waals surface area (Å²) in [6.45, 7) is 2.10. The number of benzene rings is 1. The van der Waals surface area contributed by atoms with Gasteiger partial charge in [-0.15, -0.1) is 0 Å². The van der Waals surface area contributed by atoms with Gasteiger partial charge < -0.3 is 4.74 Å². The minimum absolute atomic E-state index is 0.0147.